The number of hydrogen-bond acceptors (Lipinski definition) is 5. The number of nitrogens with zero attached hydrogens (tertiary/aromatic N) is 1. The van der Waals surface area contributed by atoms with Crippen LogP contribution in [0.5, 0.6) is 5.75 Å². The van der Waals surface area contributed by atoms with Crippen molar-refractivity contribution in [1.29, 1.82) is 0 Å². The van der Waals surface area contributed by atoms with Crippen LogP contribution in [-0.4, -0.2) is 24.1 Å². The predicted octanol–water partition coefficient (Wildman–Crippen LogP) is 2.01. The molecule has 0 spiro atoms. The quantitative estimate of drug-likeness (QED) is 0.346. The van der Waals surface area contributed by atoms with Crippen molar-refractivity contribution in [2.45, 2.75) is 13.0 Å². The molecule has 0 aliphatic rings. The normalized spacial score (nSPS) is 11.4. The Labute approximate surface area is 104 Å². The smallest absolute Gasteiger partial charge is 0.351 e. The number of para-hydroxylation sites is 1. The van der Waals surface area contributed by atoms with Crippen LogP contribution in [-0.2, 0) is 9.53 Å². The molecule has 1 aromatic carbocycles. The average Bonchev–Trinajstić information content (AvgIpc) is 2.36. The van der Waals surface area contributed by atoms with Crippen molar-refractivity contribution in [2.75, 3.05) is 7.11 Å². The highest BCUT2D eigenvalue weighted by molar-refractivity contribution is 5.77. The van der Waals surface area contributed by atoms with Gasteiger partial charge in [-0.1, -0.05) is 18.7 Å². The van der Waals surface area contributed by atoms with Crippen LogP contribution >= 0.6 is 0 Å². The number of ether oxygens (including phenoxy) is 2. The van der Waals surface area contributed by atoms with Crippen LogP contribution in [0.15, 0.2) is 30.9 Å². The third-order valence-electron chi connectivity index (χ3n) is 2.28. The number of nitro benzene ring substituents is 1. The van der Waals surface area contributed by atoms with Crippen LogP contribution in [0.1, 0.15) is 5.56 Å². The minimum atomic E-state index is -1.07. The molecule has 1 aromatic rings. The third kappa shape index (κ3) is 2.85. The molecule has 18 heavy (non-hydrogen) atoms. The van der Waals surface area contributed by atoms with E-state index in [1.54, 1.807) is 19.1 Å². The Hall–Kier alpha value is -2.37. The van der Waals surface area contributed by atoms with Gasteiger partial charge in [0.2, 0.25) is 11.9 Å². The first-order valence-corrected chi connectivity index (χ1v) is 5.12. The van der Waals surface area contributed by atoms with Crippen LogP contribution in [0.2, 0.25) is 0 Å². The zero-order valence-corrected chi connectivity index (χ0v) is 10.1. The van der Waals surface area contributed by atoms with E-state index in [0.717, 1.165) is 0 Å². The first-order chi connectivity index (χ1) is 8.51. The highest BCUT2D eigenvalue weighted by Crippen LogP contribution is 2.31. The van der Waals surface area contributed by atoms with Crippen molar-refractivity contribution in [3.05, 3.63) is 46.5 Å². The highest BCUT2D eigenvalue weighted by Gasteiger charge is 2.24. The average molecular weight is 251 g/mol. The fourth-order valence-electron chi connectivity index (χ4n) is 1.37. The Balaban J connectivity index is 3.13. The first-order valence-electron chi connectivity index (χ1n) is 5.12. The number of rotatable bonds is 5. The van der Waals surface area contributed by atoms with Gasteiger partial charge >= 0.3 is 11.7 Å². The van der Waals surface area contributed by atoms with Gasteiger partial charge in [0.15, 0.2) is 0 Å². The van der Waals surface area contributed by atoms with Crippen molar-refractivity contribution in [3.8, 4) is 5.75 Å². The van der Waals surface area contributed by atoms with Gasteiger partial charge in [-0.05, 0) is 18.6 Å². The third-order valence-corrected chi connectivity index (χ3v) is 2.28. The lowest BCUT2D eigenvalue weighted by atomic mass is 10.2. The number of benzene rings is 1. The van der Waals surface area contributed by atoms with Crippen LogP contribution in [0.4, 0.5) is 5.69 Å². The maximum absolute atomic E-state index is 11.4. The van der Waals surface area contributed by atoms with Gasteiger partial charge in [-0.25, -0.2) is 4.79 Å². The summed E-state index contributed by atoms with van der Waals surface area (Å²) in [5, 5.41) is 10.9. The molecule has 1 unspecified atom stereocenters. The number of hydrogen-bond donors (Lipinski definition) is 0. The van der Waals surface area contributed by atoms with E-state index in [-0.39, 0.29) is 11.4 Å². The Morgan fingerprint density at radius 1 is 1.56 bits per heavy atom. The number of carbonyl (C=O) groups excluding carboxylic acids is 1. The first kappa shape index (κ1) is 13.7. The molecule has 6 heteroatoms. The van der Waals surface area contributed by atoms with Crippen molar-refractivity contribution in [1.82, 2.24) is 0 Å². The van der Waals surface area contributed by atoms with E-state index in [4.69, 9.17) is 4.74 Å². The number of nitro groups is 1. The lowest BCUT2D eigenvalue weighted by molar-refractivity contribution is -0.386. The van der Waals surface area contributed by atoms with Gasteiger partial charge in [0.05, 0.1) is 12.0 Å². The second-order valence-corrected chi connectivity index (χ2v) is 3.48. The minimum absolute atomic E-state index is 0.0396. The van der Waals surface area contributed by atoms with Crippen molar-refractivity contribution in [3.63, 3.8) is 0 Å². The highest BCUT2D eigenvalue weighted by atomic mass is 16.6. The number of carbonyl (C=O) groups is 1. The van der Waals surface area contributed by atoms with Crippen LogP contribution < -0.4 is 4.74 Å². The molecule has 0 N–H and O–H groups in total. The molecule has 0 bridgehead atoms. The summed E-state index contributed by atoms with van der Waals surface area (Å²) < 4.78 is 9.82. The van der Waals surface area contributed by atoms with Crippen LogP contribution in [0.3, 0.4) is 0 Å². The van der Waals surface area contributed by atoms with Gasteiger partial charge in [0, 0.05) is 6.07 Å². The molecule has 6 nitrogen and oxygen atoms in total. The standard InChI is InChI=1S/C12H13NO5/c1-4-10(12(14)17-3)18-11-8(2)6-5-7-9(11)13(15)16/h4-7,10H,1H2,2-3H3. The Kier molecular flexibility index (Phi) is 4.42. The van der Waals surface area contributed by atoms with E-state index in [2.05, 4.69) is 11.3 Å². The number of esters is 1. The van der Waals surface area contributed by atoms with E-state index < -0.39 is 17.0 Å². The summed E-state index contributed by atoms with van der Waals surface area (Å²) in [7, 11) is 1.20. The van der Waals surface area contributed by atoms with Gasteiger partial charge in [0.1, 0.15) is 0 Å². The summed E-state index contributed by atoms with van der Waals surface area (Å²) >= 11 is 0. The molecular formula is C12H13NO5. The van der Waals surface area contributed by atoms with Gasteiger partial charge in [-0.2, -0.15) is 0 Å². The molecule has 0 saturated heterocycles. The van der Waals surface area contributed by atoms with Gasteiger partial charge in [-0.3, -0.25) is 10.1 Å². The molecule has 0 aromatic heterocycles. The summed E-state index contributed by atoms with van der Waals surface area (Å²) in [4.78, 5) is 21.6. The lowest BCUT2D eigenvalue weighted by Gasteiger charge is -2.14. The maximum atomic E-state index is 11.4. The van der Waals surface area contributed by atoms with E-state index >= 15 is 0 Å². The lowest BCUT2D eigenvalue weighted by Crippen LogP contribution is -2.26. The summed E-state index contributed by atoms with van der Waals surface area (Å²) in [6.07, 6.45) is 0.150. The van der Waals surface area contributed by atoms with E-state index in [0.29, 0.717) is 5.56 Å². The van der Waals surface area contributed by atoms with Crippen molar-refractivity contribution >= 4 is 11.7 Å². The summed E-state index contributed by atoms with van der Waals surface area (Å²) in [5.41, 5.74) is 0.353. The van der Waals surface area contributed by atoms with Crippen LogP contribution in [0.25, 0.3) is 0 Å². The molecule has 1 atom stereocenters. The topological polar surface area (TPSA) is 78.7 Å². The van der Waals surface area contributed by atoms with Crippen molar-refractivity contribution < 1.29 is 19.2 Å². The molecule has 0 amide bonds. The fraction of sp³-hybridized carbons (Fsp3) is 0.250. The molecular weight excluding hydrogens is 238 g/mol. The molecule has 0 saturated carbocycles. The summed E-state index contributed by atoms with van der Waals surface area (Å²) in [6.45, 7) is 5.09. The van der Waals surface area contributed by atoms with Crippen LogP contribution in [0, 0.1) is 17.0 Å². The molecule has 0 aliphatic heterocycles. The molecule has 96 valence electrons. The Morgan fingerprint density at radius 2 is 2.22 bits per heavy atom. The van der Waals surface area contributed by atoms with Gasteiger partial charge in [0.25, 0.3) is 0 Å². The summed E-state index contributed by atoms with van der Waals surface area (Å²) in [5.74, 6) is -0.625. The fourth-order valence-corrected chi connectivity index (χ4v) is 1.37. The maximum Gasteiger partial charge on any atom is 0.351 e. The second-order valence-electron chi connectivity index (χ2n) is 3.48. The predicted molar refractivity (Wildman–Crippen MR) is 64.5 cm³/mol. The van der Waals surface area contributed by atoms with E-state index in [1.807, 2.05) is 0 Å². The van der Waals surface area contributed by atoms with E-state index in [1.165, 1.54) is 19.3 Å². The summed E-state index contributed by atoms with van der Waals surface area (Å²) in [6, 6.07) is 4.50. The minimum Gasteiger partial charge on any atom is -0.467 e. The van der Waals surface area contributed by atoms with Gasteiger partial charge in [-0.15, -0.1) is 0 Å². The molecule has 0 heterocycles. The molecule has 0 aliphatic carbocycles. The number of methoxy groups -OCH3 is 1. The van der Waals surface area contributed by atoms with Gasteiger partial charge < -0.3 is 9.47 Å². The number of aryl methyl sites for hydroxylation is 1. The SMILES string of the molecule is C=CC(Oc1c(C)cccc1[N+](=O)[O-])C(=O)OC. The zero-order chi connectivity index (χ0) is 13.7. The largest absolute Gasteiger partial charge is 0.467 e. The monoisotopic (exact) mass is 251 g/mol. The second kappa shape index (κ2) is 5.81. The zero-order valence-electron chi connectivity index (χ0n) is 10.1. The van der Waals surface area contributed by atoms with Crippen molar-refractivity contribution in [2.24, 2.45) is 0 Å². The molecule has 0 fully saturated rings. The van der Waals surface area contributed by atoms with E-state index in [9.17, 15) is 14.9 Å². The molecule has 1 rings (SSSR count). The molecule has 0 radical (unpaired) electrons. The Bertz CT molecular complexity index is 483. The Morgan fingerprint density at radius 3 is 2.72 bits per heavy atom.